The van der Waals surface area contributed by atoms with Crippen LogP contribution in [0, 0.1) is 18.8 Å². The monoisotopic (exact) mass is 309 g/mol. The molecule has 1 aromatic heterocycles. The quantitative estimate of drug-likeness (QED) is 0.911. The second kappa shape index (κ2) is 6.20. The van der Waals surface area contributed by atoms with Gasteiger partial charge in [0.05, 0.1) is 0 Å². The standard InChI is InChI=1S/C18H19N3O2/c1-11-6-7-19-16(8-11)21-17(22)13-4-3-5-14(10-13)20-18(23)15-9-12(15)2/h3-8,10,12,15H,9H2,1-2H3,(H,20,23)(H,19,21,22). The van der Waals surface area contributed by atoms with Gasteiger partial charge in [0, 0.05) is 23.4 Å². The van der Waals surface area contributed by atoms with Crippen LogP contribution in [0.2, 0.25) is 0 Å². The summed E-state index contributed by atoms with van der Waals surface area (Å²) in [6.45, 7) is 4.00. The minimum Gasteiger partial charge on any atom is -0.326 e. The van der Waals surface area contributed by atoms with Gasteiger partial charge in [-0.2, -0.15) is 0 Å². The topological polar surface area (TPSA) is 71.1 Å². The van der Waals surface area contributed by atoms with Crippen molar-refractivity contribution in [3.63, 3.8) is 0 Å². The van der Waals surface area contributed by atoms with E-state index in [1.165, 1.54) is 0 Å². The van der Waals surface area contributed by atoms with Crippen LogP contribution in [0.25, 0.3) is 0 Å². The average Bonchev–Trinajstić information content (AvgIpc) is 3.25. The summed E-state index contributed by atoms with van der Waals surface area (Å²) in [5, 5.41) is 5.63. The molecule has 1 aliphatic rings. The van der Waals surface area contributed by atoms with E-state index in [1.807, 2.05) is 13.0 Å². The molecule has 1 aromatic carbocycles. The third kappa shape index (κ3) is 3.74. The molecule has 0 aliphatic heterocycles. The Morgan fingerprint density at radius 3 is 2.65 bits per heavy atom. The molecular weight excluding hydrogens is 290 g/mol. The lowest BCUT2D eigenvalue weighted by molar-refractivity contribution is -0.117. The molecule has 0 spiro atoms. The van der Waals surface area contributed by atoms with Gasteiger partial charge in [0.25, 0.3) is 5.91 Å². The number of benzene rings is 1. The lowest BCUT2D eigenvalue weighted by Crippen LogP contribution is -2.16. The molecule has 1 fully saturated rings. The zero-order chi connectivity index (χ0) is 16.4. The third-order valence-corrected chi connectivity index (χ3v) is 4.00. The summed E-state index contributed by atoms with van der Waals surface area (Å²) < 4.78 is 0. The Bertz CT molecular complexity index is 757. The highest BCUT2D eigenvalue weighted by atomic mass is 16.2. The summed E-state index contributed by atoms with van der Waals surface area (Å²) in [6, 6.07) is 10.6. The van der Waals surface area contributed by atoms with Crippen molar-refractivity contribution in [2.24, 2.45) is 11.8 Å². The van der Waals surface area contributed by atoms with Gasteiger partial charge in [0.2, 0.25) is 5.91 Å². The molecule has 23 heavy (non-hydrogen) atoms. The molecule has 0 saturated heterocycles. The summed E-state index contributed by atoms with van der Waals surface area (Å²) in [6.07, 6.45) is 2.59. The molecule has 0 bridgehead atoms. The molecule has 2 atom stereocenters. The van der Waals surface area contributed by atoms with Crippen molar-refractivity contribution in [2.45, 2.75) is 20.3 Å². The number of hydrogen-bond acceptors (Lipinski definition) is 3. The van der Waals surface area contributed by atoms with Crippen LogP contribution in [0.3, 0.4) is 0 Å². The zero-order valence-electron chi connectivity index (χ0n) is 13.2. The first-order chi connectivity index (χ1) is 11.0. The van der Waals surface area contributed by atoms with Gasteiger partial charge < -0.3 is 10.6 Å². The minimum absolute atomic E-state index is 0.0235. The van der Waals surface area contributed by atoms with E-state index in [-0.39, 0.29) is 17.7 Å². The first kappa shape index (κ1) is 15.2. The van der Waals surface area contributed by atoms with E-state index >= 15 is 0 Å². The number of pyridine rings is 1. The lowest BCUT2D eigenvalue weighted by Gasteiger charge is -2.08. The van der Waals surface area contributed by atoms with E-state index in [2.05, 4.69) is 22.5 Å². The second-order valence-electron chi connectivity index (χ2n) is 6.06. The smallest absolute Gasteiger partial charge is 0.256 e. The molecule has 2 amide bonds. The molecule has 5 heteroatoms. The average molecular weight is 309 g/mol. The number of nitrogens with zero attached hydrogens (tertiary/aromatic N) is 1. The zero-order valence-corrected chi connectivity index (χ0v) is 13.2. The van der Waals surface area contributed by atoms with Crippen LogP contribution in [0.4, 0.5) is 11.5 Å². The molecule has 3 rings (SSSR count). The number of aryl methyl sites for hydroxylation is 1. The van der Waals surface area contributed by atoms with Crippen LogP contribution < -0.4 is 10.6 Å². The maximum atomic E-state index is 12.3. The van der Waals surface area contributed by atoms with Crippen LogP contribution in [0.1, 0.15) is 29.3 Å². The number of hydrogen-bond donors (Lipinski definition) is 2. The Kier molecular flexibility index (Phi) is 4.10. The Morgan fingerprint density at radius 2 is 1.96 bits per heavy atom. The summed E-state index contributed by atoms with van der Waals surface area (Å²) in [7, 11) is 0. The highest BCUT2D eigenvalue weighted by molar-refractivity contribution is 6.05. The second-order valence-corrected chi connectivity index (χ2v) is 6.06. The Morgan fingerprint density at radius 1 is 1.17 bits per heavy atom. The van der Waals surface area contributed by atoms with Crippen molar-refractivity contribution in [1.82, 2.24) is 4.98 Å². The summed E-state index contributed by atoms with van der Waals surface area (Å²) in [4.78, 5) is 28.4. The van der Waals surface area contributed by atoms with Crippen molar-refractivity contribution >= 4 is 23.3 Å². The molecule has 118 valence electrons. The first-order valence-corrected chi connectivity index (χ1v) is 7.68. The van der Waals surface area contributed by atoms with Gasteiger partial charge in [0.1, 0.15) is 5.82 Å². The number of amides is 2. The fourth-order valence-corrected chi connectivity index (χ4v) is 2.45. The SMILES string of the molecule is Cc1ccnc(NC(=O)c2cccc(NC(=O)C3CC3C)c2)c1. The van der Waals surface area contributed by atoms with Crippen molar-refractivity contribution in [1.29, 1.82) is 0 Å². The van der Waals surface area contributed by atoms with E-state index in [4.69, 9.17) is 0 Å². The van der Waals surface area contributed by atoms with Gasteiger partial charge in [-0.3, -0.25) is 9.59 Å². The Balaban J connectivity index is 1.69. The Labute approximate surface area is 135 Å². The maximum Gasteiger partial charge on any atom is 0.256 e. The van der Waals surface area contributed by atoms with Crippen LogP contribution in [-0.4, -0.2) is 16.8 Å². The number of anilines is 2. The van der Waals surface area contributed by atoms with Gasteiger partial charge in [-0.05, 0) is 55.2 Å². The highest BCUT2D eigenvalue weighted by Gasteiger charge is 2.39. The number of rotatable bonds is 4. The fraction of sp³-hybridized carbons (Fsp3) is 0.278. The summed E-state index contributed by atoms with van der Waals surface area (Å²) >= 11 is 0. The third-order valence-electron chi connectivity index (χ3n) is 4.00. The van der Waals surface area contributed by atoms with Gasteiger partial charge >= 0.3 is 0 Å². The van der Waals surface area contributed by atoms with E-state index in [1.54, 1.807) is 36.5 Å². The number of carbonyl (C=O) groups excluding carboxylic acids is 2. The minimum atomic E-state index is -0.251. The van der Waals surface area contributed by atoms with Crippen molar-refractivity contribution in [3.8, 4) is 0 Å². The van der Waals surface area contributed by atoms with E-state index in [0.717, 1.165) is 12.0 Å². The largest absolute Gasteiger partial charge is 0.326 e. The summed E-state index contributed by atoms with van der Waals surface area (Å²) in [5.41, 5.74) is 2.14. The number of nitrogens with one attached hydrogen (secondary N) is 2. The van der Waals surface area contributed by atoms with Gasteiger partial charge in [-0.1, -0.05) is 13.0 Å². The first-order valence-electron chi connectivity index (χ1n) is 7.68. The summed E-state index contributed by atoms with van der Waals surface area (Å²) in [5.74, 6) is 0.837. The van der Waals surface area contributed by atoms with Crippen LogP contribution in [0.5, 0.6) is 0 Å². The van der Waals surface area contributed by atoms with E-state index in [9.17, 15) is 9.59 Å². The predicted octanol–water partition coefficient (Wildman–Crippen LogP) is 3.24. The molecule has 1 saturated carbocycles. The molecule has 5 nitrogen and oxygen atoms in total. The van der Waals surface area contributed by atoms with E-state index in [0.29, 0.717) is 23.0 Å². The molecule has 2 N–H and O–H groups in total. The van der Waals surface area contributed by atoms with Gasteiger partial charge in [-0.15, -0.1) is 0 Å². The molecule has 1 heterocycles. The normalized spacial score (nSPS) is 19.0. The van der Waals surface area contributed by atoms with Gasteiger partial charge in [0.15, 0.2) is 0 Å². The molecular formula is C18H19N3O2. The number of aromatic nitrogens is 1. The Hall–Kier alpha value is -2.69. The molecule has 2 aromatic rings. The van der Waals surface area contributed by atoms with Crippen LogP contribution in [-0.2, 0) is 4.79 Å². The van der Waals surface area contributed by atoms with Crippen LogP contribution >= 0.6 is 0 Å². The fourth-order valence-electron chi connectivity index (χ4n) is 2.45. The molecule has 1 aliphatic carbocycles. The molecule has 0 radical (unpaired) electrons. The van der Waals surface area contributed by atoms with Crippen molar-refractivity contribution < 1.29 is 9.59 Å². The maximum absolute atomic E-state index is 12.3. The number of carbonyl (C=O) groups is 2. The van der Waals surface area contributed by atoms with Crippen molar-refractivity contribution in [3.05, 3.63) is 53.7 Å². The predicted molar refractivity (Wildman–Crippen MR) is 89.3 cm³/mol. The highest BCUT2D eigenvalue weighted by Crippen LogP contribution is 2.38. The van der Waals surface area contributed by atoms with Crippen LogP contribution in [0.15, 0.2) is 42.6 Å². The van der Waals surface area contributed by atoms with Crippen molar-refractivity contribution in [2.75, 3.05) is 10.6 Å². The lowest BCUT2D eigenvalue weighted by atomic mass is 10.1. The van der Waals surface area contributed by atoms with Gasteiger partial charge in [-0.25, -0.2) is 4.98 Å². The van der Waals surface area contributed by atoms with E-state index < -0.39 is 0 Å². The molecule has 2 unspecified atom stereocenters.